The zero-order valence-corrected chi connectivity index (χ0v) is 7.22. The topological polar surface area (TPSA) is 26.0 Å². The predicted molar refractivity (Wildman–Crippen MR) is 49.3 cm³/mol. The van der Waals surface area contributed by atoms with Crippen molar-refractivity contribution in [3.8, 4) is 0 Å². The maximum atomic E-state index is 5.54. The van der Waals surface area contributed by atoms with Crippen molar-refractivity contribution in [3.63, 3.8) is 0 Å². The first-order valence-corrected chi connectivity index (χ1v) is 3.97. The molecule has 0 saturated carbocycles. The quantitative estimate of drug-likeness (QED) is 0.607. The van der Waals surface area contributed by atoms with Crippen LogP contribution in [-0.2, 0) is 0 Å². The second-order valence-electron chi connectivity index (χ2n) is 2.99. The fourth-order valence-electron chi connectivity index (χ4n) is 1.12. The van der Waals surface area contributed by atoms with Crippen LogP contribution in [-0.4, -0.2) is 6.54 Å². The Morgan fingerprint density at radius 2 is 2.18 bits per heavy atom. The molecule has 0 heterocycles. The largest absolute Gasteiger partial charge is 0.326 e. The van der Waals surface area contributed by atoms with E-state index < -0.39 is 0 Å². The van der Waals surface area contributed by atoms with Crippen LogP contribution >= 0.6 is 0 Å². The summed E-state index contributed by atoms with van der Waals surface area (Å²) in [5.41, 5.74) is 9.55. The number of nitrogens with two attached hydrogens (primary N) is 1. The summed E-state index contributed by atoms with van der Waals surface area (Å²) in [6.07, 6.45) is 7.51. The van der Waals surface area contributed by atoms with E-state index in [1.807, 2.05) is 0 Å². The van der Waals surface area contributed by atoms with Gasteiger partial charge in [0.1, 0.15) is 0 Å². The van der Waals surface area contributed by atoms with Crippen molar-refractivity contribution in [1.82, 2.24) is 0 Å². The third-order valence-electron chi connectivity index (χ3n) is 2.07. The molecule has 1 aliphatic carbocycles. The van der Waals surface area contributed by atoms with Crippen molar-refractivity contribution in [2.45, 2.75) is 20.3 Å². The summed E-state index contributed by atoms with van der Waals surface area (Å²) in [4.78, 5) is 0. The minimum atomic E-state index is 0.640. The van der Waals surface area contributed by atoms with E-state index in [2.05, 4.69) is 32.1 Å². The molecule has 11 heavy (non-hydrogen) atoms. The van der Waals surface area contributed by atoms with E-state index in [4.69, 9.17) is 5.73 Å². The van der Waals surface area contributed by atoms with Gasteiger partial charge in [0.25, 0.3) is 0 Å². The van der Waals surface area contributed by atoms with E-state index >= 15 is 0 Å². The van der Waals surface area contributed by atoms with Crippen molar-refractivity contribution >= 4 is 0 Å². The average Bonchev–Trinajstić information content (AvgIpc) is 2.15. The number of allylic oxidation sites excluding steroid dienone is 4. The van der Waals surface area contributed by atoms with E-state index in [9.17, 15) is 0 Å². The lowest BCUT2D eigenvalue weighted by molar-refractivity contribution is 1.17. The van der Waals surface area contributed by atoms with Gasteiger partial charge in [-0.1, -0.05) is 29.4 Å². The van der Waals surface area contributed by atoms with E-state index in [0.717, 1.165) is 6.42 Å². The third kappa shape index (κ3) is 2.05. The van der Waals surface area contributed by atoms with E-state index in [0.29, 0.717) is 6.54 Å². The Balaban J connectivity index is 2.92. The maximum Gasteiger partial charge on any atom is 0.0178 e. The number of hydrogen-bond acceptors (Lipinski definition) is 1. The molecule has 1 nitrogen and oxygen atoms in total. The van der Waals surface area contributed by atoms with Crippen LogP contribution in [0.3, 0.4) is 0 Å². The number of rotatable bonds is 1. The van der Waals surface area contributed by atoms with Crippen LogP contribution in [0.1, 0.15) is 20.3 Å². The Morgan fingerprint density at radius 1 is 1.45 bits per heavy atom. The van der Waals surface area contributed by atoms with Crippen molar-refractivity contribution in [1.29, 1.82) is 0 Å². The van der Waals surface area contributed by atoms with E-state index in [1.54, 1.807) is 0 Å². The molecule has 0 atom stereocenters. The molecular formula is C10H15N. The van der Waals surface area contributed by atoms with Crippen LogP contribution < -0.4 is 5.73 Å². The second-order valence-corrected chi connectivity index (χ2v) is 2.99. The Morgan fingerprint density at radius 3 is 2.82 bits per heavy atom. The predicted octanol–water partition coefficient (Wildman–Crippen LogP) is 2.17. The molecule has 0 bridgehead atoms. The van der Waals surface area contributed by atoms with Crippen LogP contribution in [0.25, 0.3) is 0 Å². The highest BCUT2D eigenvalue weighted by Gasteiger charge is 1.98. The van der Waals surface area contributed by atoms with Gasteiger partial charge in [0.05, 0.1) is 0 Å². The number of hydrogen-bond donors (Lipinski definition) is 1. The first-order valence-electron chi connectivity index (χ1n) is 3.97. The summed E-state index contributed by atoms with van der Waals surface area (Å²) in [5.74, 6) is 0. The summed E-state index contributed by atoms with van der Waals surface area (Å²) in [5, 5.41) is 0. The second kappa shape index (κ2) is 3.54. The molecule has 0 amide bonds. The molecule has 0 aromatic heterocycles. The van der Waals surface area contributed by atoms with Gasteiger partial charge in [0.15, 0.2) is 0 Å². The van der Waals surface area contributed by atoms with E-state index in [-0.39, 0.29) is 0 Å². The lowest BCUT2D eigenvalue weighted by Crippen LogP contribution is -2.00. The first-order chi connectivity index (χ1) is 5.24. The highest BCUT2D eigenvalue weighted by atomic mass is 14.5. The molecule has 0 unspecified atom stereocenters. The van der Waals surface area contributed by atoms with Gasteiger partial charge >= 0.3 is 0 Å². The molecule has 1 heteroatoms. The van der Waals surface area contributed by atoms with Crippen LogP contribution in [0.4, 0.5) is 0 Å². The zero-order chi connectivity index (χ0) is 8.27. The summed E-state index contributed by atoms with van der Waals surface area (Å²) in [6.45, 7) is 4.94. The monoisotopic (exact) mass is 149 g/mol. The lowest BCUT2D eigenvalue weighted by Gasteiger charge is -1.98. The Bertz CT molecular complexity index is 231. The maximum absolute atomic E-state index is 5.54. The van der Waals surface area contributed by atoms with Gasteiger partial charge < -0.3 is 5.73 Å². The molecule has 1 aliphatic rings. The summed E-state index contributed by atoms with van der Waals surface area (Å²) in [6, 6.07) is 0. The van der Waals surface area contributed by atoms with Gasteiger partial charge in [-0.15, -0.1) is 0 Å². The summed E-state index contributed by atoms with van der Waals surface area (Å²) >= 11 is 0. The molecule has 1 rings (SSSR count). The van der Waals surface area contributed by atoms with Crippen molar-refractivity contribution < 1.29 is 0 Å². The molecule has 60 valence electrons. The average molecular weight is 149 g/mol. The Kier molecular flexibility index (Phi) is 2.66. The smallest absolute Gasteiger partial charge is 0.0178 e. The van der Waals surface area contributed by atoms with Crippen molar-refractivity contribution in [2.24, 2.45) is 5.73 Å². The van der Waals surface area contributed by atoms with Gasteiger partial charge in [0.2, 0.25) is 0 Å². The van der Waals surface area contributed by atoms with Crippen molar-refractivity contribution in [3.05, 3.63) is 34.9 Å². The molecule has 0 spiro atoms. The lowest BCUT2D eigenvalue weighted by atomic mass is 10.1. The first kappa shape index (κ1) is 8.28. The fraction of sp³-hybridized carbons (Fsp3) is 0.400. The molecule has 0 radical (unpaired) electrons. The van der Waals surface area contributed by atoms with Crippen LogP contribution in [0.5, 0.6) is 0 Å². The summed E-state index contributed by atoms with van der Waals surface area (Å²) in [7, 11) is 0. The Labute approximate surface area is 68.3 Å². The minimum absolute atomic E-state index is 0.640. The SMILES string of the molecule is CC1=C(C)CC=CC(CN)=C1. The van der Waals surface area contributed by atoms with Gasteiger partial charge in [0, 0.05) is 6.54 Å². The highest BCUT2D eigenvalue weighted by molar-refractivity contribution is 5.36. The Hall–Kier alpha value is -0.820. The molecule has 0 fully saturated rings. The fourth-order valence-corrected chi connectivity index (χ4v) is 1.12. The van der Waals surface area contributed by atoms with Crippen LogP contribution in [0.2, 0.25) is 0 Å². The van der Waals surface area contributed by atoms with Gasteiger partial charge in [-0.2, -0.15) is 0 Å². The minimum Gasteiger partial charge on any atom is -0.326 e. The van der Waals surface area contributed by atoms with E-state index in [1.165, 1.54) is 16.7 Å². The van der Waals surface area contributed by atoms with Gasteiger partial charge in [-0.05, 0) is 25.8 Å². The van der Waals surface area contributed by atoms with Crippen LogP contribution in [0, 0.1) is 0 Å². The molecule has 2 N–H and O–H groups in total. The molecule has 0 aliphatic heterocycles. The normalized spacial score (nSPS) is 18.3. The molecule has 0 aromatic rings. The summed E-state index contributed by atoms with van der Waals surface area (Å²) < 4.78 is 0. The molecule has 0 saturated heterocycles. The molecular weight excluding hydrogens is 134 g/mol. The standard InChI is InChI=1S/C10H15N/c1-8-4-3-5-10(7-11)6-9(8)2/h3,5-6H,4,7,11H2,1-2H3. The third-order valence-corrected chi connectivity index (χ3v) is 2.07. The van der Waals surface area contributed by atoms with Gasteiger partial charge in [-0.3, -0.25) is 0 Å². The van der Waals surface area contributed by atoms with Crippen molar-refractivity contribution in [2.75, 3.05) is 6.54 Å². The zero-order valence-electron chi connectivity index (χ0n) is 7.22. The van der Waals surface area contributed by atoms with Crippen LogP contribution in [0.15, 0.2) is 34.9 Å². The van der Waals surface area contributed by atoms with Gasteiger partial charge in [-0.25, -0.2) is 0 Å². The molecule has 0 aromatic carbocycles. The highest BCUT2D eigenvalue weighted by Crippen LogP contribution is 2.16.